The molecule has 2 aliphatic carbocycles. The van der Waals surface area contributed by atoms with E-state index < -0.39 is 16.1 Å². The lowest BCUT2D eigenvalue weighted by molar-refractivity contribution is 0.214. The van der Waals surface area contributed by atoms with Crippen molar-refractivity contribution < 1.29 is 13.2 Å². The number of anilines is 1. The van der Waals surface area contributed by atoms with E-state index in [0.717, 1.165) is 75.6 Å². The monoisotopic (exact) mass is 417 g/mol. The molecule has 3 aliphatic rings. The summed E-state index contributed by atoms with van der Waals surface area (Å²) in [7, 11) is -3.86. The number of benzene rings is 1. The third-order valence-electron chi connectivity index (χ3n) is 6.77. The minimum Gasteiger partial charge on any atom is -0.307 e. The van der Waals surface area contributed by atoms with Gasteiger partial charge in [0.15, 0.2) is 0 Å². The van der Waals surface area contributed by atoms with Gasteiger partial charge in [0, 0.05) is 16.6 Å². The minimum atomic E-state index is -3.86. The number of aryl methyl sites for hydroxylation is 2. The highest BCUT2D eigenvalue weighted by molar-refractivity contribution is 7.92. The Morgan fingerprint density at radius 1 is 1.14 bits per heavy atom. The molecule has 7 heteroatoms. The predicted molar refractivity (Wildman–Crippen MR) is 116 cm³/mol. The van der Waals surface area contributed by atoms with Crippen LogP contribution in [0, 0.1) is 0 Å². The summed E-state index contributed by atoms with van der Waals surface area (Å²) in [5.41, 5.74) is 5.55. The summed E-state index contributed by atoms with van der Waals surface area (Å²) in [5, 5.41) is 4.04. The quantitative estimate of drug-likeness (QED) is 0.769. The van der Waals surface area contributed by atoms with Crippen molar-refractivity contribution in [1.82, 2.24) is 9.62 Å². The molecule has 1 atom stereocenters. The Labute approximate surface area is 173 Å². The molecule has 1 heterocycles. The second kappa shape index (κ2) is 7.76. The Morgan fingerprint density at radius 3 is 2.41 bits per heavy atom. The van der Waals surface area contributed by atoms with E-state index >= 15 is 0 Å². The number of nitrogens with zero attached hydrogens (tertiary/aromatic N) is 1. The van der Waals surface area contributed by atoms with Crippen molar-refractivity contribution in [3.63, 3.8) is 0 Å². The Bertz CT molecular complexity index is 922. The van der Waals surface area contributed by atoms with Crippen LogP contribution in [-0.2, 0) is 35.7 Å². The van der Waals surface area contributed by atoms with Crippen LogP contribution in [0.5, 0.6) is 0 Å². The zero-order valence-electron chi connectivity index (χ0n) is 17.4. The lowest BCUT2D eigenvalue weighted by atomic mass is 9.99. The normalized spacial score (nSPS) is 24.1. The number of hydrogen-bond acceptors (Lipinski definition) is 4. The van der Waals surface area contributed by atoms with Gasteiger partial charge in [0.05, 0.1) is 0 Å². The first-order chi connectivity index (χ1) is 13.8. The molecule has 0 aromatic heterocycles. The van der Waals surface area contributed by atoms with Gasteiger partial charge in [-0.1, -0.05) is 19.1 Å². The largest absolute Gasteiger partial charge is 0.333 e. The van der Waals surface area contributed by atoms with Crippen LogP contribution in [0.15, 0.2) is 17.6 Å². The molecule has 2 amide bonds. The van der Waals surface area contributed by atoms with Crippen molar-refractivity contribution in [2.75, 3.05) is 18.4 Å². The number of likely N-dealkylation sites (tertiary alicyclic amines) is 1. The van der Waals surface area contributed by atoms with Crippen LogP contribution in [0.3, 0.4) is 0 Å². The second-order valence-corrected chi connectivity index (χ2v) is 10.2. The fraction of sp³-hybridized carbons (Fsp3) is 0.591. The topological polar surface area (TPSA) is 78.5 Å². The average molecular weight is 418 g/mol. The maximum absolute atomic E-state index is 12.6. The molecule has 1 saturated heterocycles. The van der Waals surface area contributed by atoms with Gasteiger partial charge in [0.25, 0.3) is 10.0 Å². The van der Waals surface area contributed by atoms with E-state index in [1.807, 2.05) is 6.92 Å². The Kier molecular flexibility index (Phi) is 5.46. The molecule has 4 rings (SSSR count). The van der Waals surface area contributed by atoms with Crippen LogP contribution >= 0.6 is 0 Å². The molecule has 6 nitrogen and oxygen atoms in total. The van der Waals surface area contributed by atoms with E-state index in [1.165, 1.54) is 22.3 Å². The molecule has 0 unspecified atom stereocenters. The number of urea groups is 1. The lowest BCUT2D eigenvalue weighted by Crippen LogP contribution is -2.40. The first-order valence-corrected chi connectivity index (χ1v) is 12.3. The molecule has 1 aromatic carbocycles. The predicted octanol–water partition coefficient (Wildman–Crippen LogP) is 3.50. The molecule has 1 aromatic rings. The van der Waals surface area contributed by atoms with Crippen LogP contribution in [0.4, 0.5) is 10.5 Å². The molecule has 1 aliphatic heterocycles. The zero-order valence-corrected chi connectivity index (χ0v) is 18.2. The zero-order chi connectivity index (χ0) is 20.6. The molecule has 0 radical (unpaired) electrons. The third-order valence-corrected chi connectivity index (χ3v) is 7.73. The summed E-state index contributed by atoms with van der Waals surface area (Å²) < 4.78 is 27.2. The first kappa shape index (κ1) is 20.4. The van der Waals surface area contributed by atoms with E-state index in [4.69, 9.17) is 0 Å². The summed E-state index contributed by atoms with van der Waals surface area (Å²) in [6.45, 7) is 5.97. The maximum atomic E-state index is 12.6. The Balaban J connectivity index is 1.49. The number of fused-ring (bicyclic) bond motifs is 2. The number of nitrogens with one attached hydrogen (secondary N) is 2. The number of carbonyl (C=O) groups is 1. The van der Waals surface area contributed by atoms with Crippen molar-refractivity contribution in [2.45, 2.75) is 70.8 Å². The molecule has 0 bridgehead atoms. The smallest absolute Gasteiger partial charge is 0.307 e. The van der Waals surface area contributed by atoms with Crippen LogP contribution < -0.4 is 10.0 Å². The molecular formula is C22H31N3O3S. The van der Waals surface area contributed by atoms with Gasteiger partial charge in [-0.2, -0.15) is 0 Å². The van der Waals surface area contributed by atoms with Crippen molar-refractivity contribution in [3.05, 3.63) is 39.8 Å². The third kappa shape index (κ3) is 4.08. The van der Waals surface area contributed by atoms with E-state index in [0.29, 0.717) is 0 Å². The van der Waals surface area contributed by atoms with Crippen molar-refractivity contribution >= 4 is 21.7 Å². The van der Waals surface area contributed by atoms with Crippen molar-refractivity contribution in [2.24, 2.45) is 0 Å². The first-order valence-electron chi connectivity index (χ1n) is 10.8. The van der Waals surface area contributed by atoms with Crippen LogP contribution in [0.1, 0.15) is 61.8 Å². The number of likely N-dealkylation sites (N-methyl/N-ethyl adjacent to an activating group) is 1. The molecular weight excluding hydrogens is 386 g/mol. The summed E-state index contributed by atoms with van der Waals surface area (Å²) >= 11 is 0. The Morgan fingerprint density at radius 2 is 1.79 bits per heavy atom. The molecule has 29 heavy (non-hydrogen) atoms. The lowest BCUT2D eigenvalue weighted by Gasteiger charge is -2.31. The van der Waals surface area contributed by atoms with Crippen molar-refractivity contribution in [1.29, 1.82) is 0 Å². The van der Waals surface area contributed by atoms with E-state index in [9.17, 15) is 13.2 Å². The van der Waals surface area contributed by atoms with Crippen molar-refractivity contribution in [3.8, 4) is 0 Å². The van der Waals surface area contributed by atoms with Gasteiger partial charge < -0.3 is 5.32 Å². The van der Waals surface area contributed by atoms with E-state index in [-0.39, 0.29) is 5.54 Å². The van der Waals surface area contributed by atoms with Gasteiger partial charge >= 0.3 is 6.03 Å². The standard InChI is InChI=1S/C22H31N3O3S/c1-3-25-13-6-11-22(25,2)12-14-29(27,28)24-21(26)23-20-18-9-4-7-16(18)15-17-8-5-10-19(17)20/h12,14-15H,3-11,13H2,1-2H3,(H2,23,24,26)/b14-12+/t22-/m0/s1. The SMILES string of the molecule is CCN1CCC[C@@]1(C)/C=C/S(=O)(=O)NC(=O)Nc1c2c(cc3c1CCC3)CCC2. The number of sulfonamides is 1. The van der Waals surface area contributed by atoms with Gasteiger partial charge in [-0.3, -0.25) is 4.90 Å². The molecule has 2 N–H and O–H groups in total. The molecule has 0 saturated carbocycles. The number of rotatable bonds is 5. The highest BCUT2D eigenvalue weighted by atomic mass is 32.2. The molecule has 0 spiro atoms. The summed E-state index contributed by atoms with van der Waals surface area (Å²) in [5.74, 6) is 0. The van der Waals surface area contributed by atoms with E-state index in [1.54, 1.807) is 6.08 Å². The average Bonchev–Trinajstić information content (AvgIpc) is 3.39. The van der Waals surface area contributed by atoms with Crippen LogP contribution in [0.25, 0.3) is 0 Å². The second-order valence-electron chi connectivity index (χ2n) is 8.68. The fourth-order valence-corrected chi connectivity index (χ4v) is 6.10. The highest BCUT2D eigenvalue weighted by Crippen LogP contribution is 2.38. The number of carbonyl (C=O) groups excluding carboxylic acids is 1. The van der Waals surface area contributed by atoms with Crippen LogP contribution in [0.2, 0.25) is 0 Å². The summed E-state index contributed by atoms with van der Waals surface area (Å²) in [6.07, 6.45) is 9.81. The van der Waals surface area contributed by atoms with Crippen LogP contribution in [-0.4, -0.2) is 38.0 Å². The molecule has 158 valence electrons. The van der Waals surface area contributed by atoms with Gasteiger partial charge in [0.2, 0.25) is 0 Å². The van der Waals surface area contributed by atoms with Gasteiger partial charge in [-0.15, -0.1) is 0 Å². The Hall–Kier alpha value is -1.86. The maximum Gasteiger partial charge on any atom is 0.333 e. The van der Waals surface area contributed by atoms with Gasteiger partial charge in [-0.05, 0) is 93.6 Å². The minimum absolute atomic E-state index is 0.277. The highest BCUT2D eigenvalue weighted by Gasteiger charge is 2.33. The number of amides is 2. The summed E-state index contributed by atoms with van der Waals surface area (Å²) in [4.78, 5) is 14.8. The van der Waals surface area contributed by atoms with Gasteiger partial charge in [0.1, 0.15) is 0 Å². The number of hydrogen-bond donors (Lipinski definition) is 2. The summed E-state index contributed by atoms with van der Waals surface area (Å²) in [6, 6.07) is 1.61. The molecule has 1 fully saturated rings. The van der Waals surface area contributed by atoms with E-state index in [2.05, 4.69) is 27.9 Å². The fourth-order valence-electron chi connectivity index (χ4n) is 5.25. The van der Waals surface area contributed by atoms with Gasteiger partial charge in [-0.25, -0.2) is 17.9 Å².